The molecule has 0 saturated carbocycles. The summed E-state index contributed by atoms with van der Waals surface area (Å²) in [7, 11) is 0. The van der Waals surface area contributed by atoms with Gasteiger partial charge in [0.05, 0.1) is 6.10 Å². The van der Waals surface area contributed by atoms with E-state index in [0.29, 0.717) is 13.0 Å². The Balaban J connectivity index is 3.04. The Morgan fingerprint density at radius 1 is 1.67 bits per heavy atom. The zero-order valence-corrected chi connectivity index (χ0v) is 5.71. The van der Waals surface area contributed by atoms with Crippen molar-refractivity contribution >= 4 is 0 Å². The van der Waals surface area contributed by atoms with Crippen molar-refractivity contribution in [1.29, 1.82) is 0 Å². The lowest BCUT2D eigenvalue weighted by Crippen LogP contribution is -2.08. The van der Waals surface area contributed by atoms with Crippen LogP contribution in [0.5, 0.6) is 0 Å². The molecule has 0 rings (SSSR count). The van der Waals surface area contributed by atoms with Crippen LogP contribution in [0.15, 0.2) is 12.7 Å². The minimum Gasteiger partial charge on any atom is -0.393 e. The fraction of sp³-hybridized carbons (Fsp3) is 0.714. The molecule has 0 bridgehead atoms. The molecule has 2 nitrogen and oxygen atoms in total. The summed E-state index contributed by atoms with van der Waals surface area (Å²) in [5, 5.41) is 9.05. The average Bonchev–Trinajstić information content (AvgIpc) is 1.85. The molecule has 0 spiro atoms. The van der Waals surface area contributed by atoms with Crippen molar-refractivity contribution in [2.24, 2.45) is 5.73 Å². The molecule has 0 amide bonds. The van der Waals surface area contributed by atoms with E-state index in [1.165, 1.54) is 0 Å². The van der Waals surface area contributed by atoms with E-state index in [1.54, 1.807) is 6.08 Å². The number of hydrogen-bond donors (Lipinski definition) is 2. The van der Waals surface area contributed by atoms with Crippen molar-refractivity contribution in [3.63, 3.8) is 0 Å². The molecule has 0 aliphatic rings. The lowest BCUT2D eigenvalue weighted by molar-refractivity contribution is 0.166. The van der Waals surface area contributed by atoms with Crippen LogP contribution >= 0.6 is 0 Å². The highest BCUT2D eigenvalue weighted by molar-refractivity contribution is 4.71. The van der Waals surface area contributed by atoms with Gasteiger partial charge in [0.2, 0.25) is 0 Å². The molecule has 0 saturated heterocycles. The van der Waals surface area contributed by atoms with Crippen LogP contribution < -0.4 is 5.73 Å². The van der Waals surface area contributed by atoms with Gasteiger partial charge in [-0.3, -0.25) is 0 Å². The predicted octanol–water partition coefficient (Wildman–Crippen LogP) is 0.662. The second-order valence-corrected chi connectivity index (χ2v) is 2.11. The number of nitrogens with two attached hydrogens (primary N) is 1. The molecule has 2 heteroatoms. The van der Waals surface area contributed by atoms with Crippen molar-refractivity contribution in [2.45, 2.75) is 25.4 Å². The molecule has 0 radical (unpaired) electrons. The Labute approximate surface area is 56.4 Å². The first-order valence-electron chi connectivity index (χ1n) is 3.30. The minimum absolute atomic E-state index is 0.231. The molecule has 0 aliphatic carbocycles. The fourth-order valence-corrected chi connectivity index (χ4v) is 0.664. The van der Waals surface area contributed by atoms with Gasteiger partial charge in [0.25, 0.3) is 0 Å². The summed E-state index contributed by atoms with van der Waals surface area (Å²) in [6, 6.07) is 0. The van der Waals surface area contributed by atoms with Gasteiger partial charge in [-0.1, -0.05) is 6.08 Å². The average molecular weight is 129 g/mol. The summed E-state index contributed by atoms with van der Waals surface area (Å²) < 4.78 is 0. The first-order chi connectivity index (χ1) is 4.31. The lowest BCUT2D eigenvalue weighted by Gasteiger charge is -2.04. The Bertz CT molecular complexity index is 73.3. The van der Waals surface area contributed by atoms with Gasteiger partial charge in [-0.05, 0) is 25.8 Å². The SMILES string of the molecule is C=CCC(O)CCCN. The van der Waals surface area contributed by atoms with Crippen LogP contribution in [0.1, 0.15) is 19.3 Å². The smallest absolute Gasteiger partial charge is 0.0575 e. The van der Waals surface area contributed by atoms with Gasteiger partial charge >= 0.3 is 0 Å². The first-order valence-corrected chi connectivity index (χ1v) is 3.30. The van der Waals surface area contributed by atoms with Crippen LogP contribution in [0.2, 0.25) is 0 Å². The zero-order valence-electron chi connectivity index (χ0n) is 5.71. The molecular formula is C7H15NO. The quantitative estimate of drug-likeness (QED) is 0.536. The van der Waals surface area contributed by atoms with Gasteiger partial charge < -0.3 is 10.8 Å². The van der Waals surface area contributed by atoms with E-state index in [-0.39, 0.29) is 6.10 Å². The summed E-state index contributed by atoms with van der Waals surface area (Å²) in [5.41, 5.74) is 5.24. The number of aliphatic hydroxyl groups is 1. The minimum atomic E-state index is -0.231. The van der Waals surface area contributed by atoms with Gasteiger partial charge in [0, 0.05) is 0 Å². The maximum absolute atomic E-state index is 9.05. The highest BCUT2D eigenvalue weighted by Crippen LogP contribution is 1.99. The van der Waals surface area contributed by atoms with Crippen molar-refractivity contribution in [1.82, 2.24) is 0 Å². The highest BCUT2D eigenvalue weighted by Gasteiger charge is 1.98. The molecule has 0 aliphatic heterocycles. The molecule has 1 unspecified atom stereocenters. The third-order valence-corrected chi connectivity index (χ3v) is 1.18. The number of aliphatic hydroxyl groups excluding tert-OH is 1. The normalized spacial score (nSPS) is 13.1. The van der Waals surface area contributed by atoms with E-state index in [1.807, 2.05) is 0 Å². The van der Waals surface area contributed by atoms with Gasteiger partial charge in [0.15, 0.2) is 0 Å². The summed E-state index contributed by atoms with van der Waals surface area (Å²) in [6.07, 6.45) is 3.87. The second kappa shape index (κ2) is 5.79. The second-order valence-electron chi connectivity index (χ2n) is 2.11. The van der Waals surface area contributed by atoms with Crippen LogP contribution in [-0.4, -0.2) is 17.8 Å². The number of rotatable bonds is 5. The third kappa shape index (κ3) is 5.53. The maximum atomic E-state index is 9.05. The van der Waals surface area contributed by atoms with Gasteiger partial charge in [-0.25, -0.2) is 0 Å². The number of hydrogen-bond acceptors (Lipinski definition) is 2. The van der Waals surface area contributed by atoms with E-state index in [0.717, 1.165) is 12.8 Å². The summed E-state index contributed by atoms with van der Waals surface area (Å²) in [5.74, 6) is 0. The standard InChI is InChI=1S/C7H15NO/c1-2-4-7(9)5-3-6-8/h2,7,9H,1,3-6,8H2. The molecule has 0 heterocycles. The first kappa shape index (κ1) is 8.66. The fourth-order valence-electron chi connectivity index (χ4n) is 0.664. The van der Waals surface area contributed by atoms with E-state index in [2.05, 4.69) is 6.58 Å². The van der Waals surface area contributed by atoms with Gasteiger partial charge in [-0.15, -0.1) is 6.58 Å². The van der Waals surface area contributed by atoms with Crippen LogP contribution in [0, 0.1) is 0 Å². The molecule has 0 aromatic heterocycles. The van der Waals surface area contributed by atoms with Crippen molar-refractivity contribution in [3.8, 4) is 0 Å². The summed E-state index contributed by atoms with van der Waals surface area (Å²) in [6.45, 7) is 4.18. The van der Waals surface area contributed by atoms with E-state index in [9.17, 15) is 0 Å². The van der Waals surface area contributed by atoms with Crippen molar-refractivity contribution in [2.75, 3.05) is 6.54 Å². The Hall–Kier alpha value is -0.340. The molecule has 3 N–H and O–H groups in total. The Kier molecular flexibility index (Phi) is 5.57. The van der Waals surface area contributed by atoms with Crippen molar-refractivity contribution < 1.29 is 5.11 Å². The Morgan fingerprint density at radius 2 is 2.33 bits per heavy atom. The topological polar surface area (TPSA) is 46.2 Å². The maximum Gasteiger partial charge on any atom is 0.0575 e. The van der Waals surface area contributed by atoms with Gasteiger partial charge in [-0.2, -0.15) is 0 Å². The lowest BCUT2D eigenvalue weighted by atomic mass is 10.1. The summed E-state index contributed by atoms with van der Waals surface area (Å²) in [4.78, 5) is 0. The van der Waals surface area contributed by atoms with Crippen LogP contribution in [0.3, 0.4) is 0 Å². The van der Waals surface area contributed by atoms with Crippen LogP contribution in [0.4, 0.5) is 0 Å². The van der Waals surface area contributed by atoms with Crippen LogP contribution in [0.25, 0.3) is 0 Å². The third-order valence-electron chi connectivity index (χ3n) is 1.18. The summed E-state index contributed by atoms with van der Waals surface area (Å²) >= 11 is 0. The van der Waals surface area contributed by atoms with Crippen LogP contribution in [-0.2, 0) is 0 Å². The Morgan fingerprint density at radius 3 is 2.78 bits per heavy atom. The highest BCUT2D eigenvalue weighted by atomic mass is 16.3. The molecule has 0 aromatic carbocycles. The largest absolute Gasteiger partial charge is 0.393 e. The monoisotopic (exact) mass is 129 g/mol. The molecular weight excluding hydrogens is 114 g/mol. The van der Waals surface area contributed by atoms with E-state index >= 15 is 0 Å². The van der Waals surface area contributed by atoms with E-state index < -0.39 is 0 Å². The predicted molar refractivity (Wildman–Crippen MR) is 39.1 cm³/mol. The zero-order chi connectivity index (χ0) is 7.11. The van der Waals surface area contributed by atoms with Crippen molar-refractivity contribution in [3.05, 3.63) is 12.7 Å². The molecule has 0 fully saturated rings. The molecule has 54 valence electrons. The molecule has 9 heavy (non-hydrogen) atoms. The molecule has 0 aromatic rings. The van der Waals surface area contributed by atoms with E-state index in [4.69, 9.17) is 10.8 Å². The molecule has 1 atom stereocenters. The van der Waals surface area contributed by atoms with Gasteiger partial charge in [0.1, 0.15) is 0 Å².